The zero-order valence-corrected chi connectivity index (χ0v) is 9.19. The van der Waals surface area contributed by atoms with Gasteiger partial charge in [0.25, 0.3) is 0 Å². The zero-order valence-electron chi connectivity index (χ0n) is 9.19. The molecule has 3 rings (SSSR count). The molecule has 0 spiro atoms. The molecule has 4 atom stereocenters. The summed E-state index contributed by atoms with van der Waals surface area (Å²) in [6.07, 6.45) is 10.4. The van der Waals surface area contributed by atoms with E-state index in [1.54, 1.807) is 38.5 Å². The molecule has 0 aromatic carbocycles. The maximum atomic E-state index is 9.25. The molecular weight excluding hydrogens is 188 g/mol. The number of hydrogen-bond acceptors (Lipinski definition) is 1. The summed E-state index contributed by atoms with van der Waals surface area (Å²) < 4.78 is 0. The highest BCUT2D eigenvalue weighted by atomic mass is 16.4. The van der Waals surface area contributed by atoms with E-state index >= 15 is 0 Å². The molecular formula is C13H20O2. The van der Waals surface area contributed by atoms with Crippen molar-refractivity contribution in [3.8, 4) is 0 Å². The standard InChI is InChI=1S/C10H16.C3H4O2/c1-2-9-7-4-5-8(6-7)10(9)3-1;1-2-3(4)5/h7-10H,1-6H2;2H,1H2,(H,4,5). The summed E-state index contributed by atoms with van der Waals surface area (Å²) in [7, 11) is 0. The van der Waals surface area contributed by atoms with Gasteiger partial charge in [-0.1, -0.05) is 13.0 Å². The maximum absolute atomic E-state index is 9.25. The van der Waals surface area contributed by atoms with Crippen molar-refractivity contribution in [2.45, 2.75) is 38.5 Å². The van der Waals surface area contributed by atoms with Crippen LogP contribution in [-0.2, 0) is 4.79 Å². The van der Waals surface area contributed by atoms with E-state index in [0.717, 1.165) is 6.08 Å². The predicted octanol–water partition coefficient (Wildman–Crippen LogP) is 3.09. The van der Waals surface area contributed by atoms with Crippen molar-refractivity contribution in [1.82, 2.24) is 0 Å². The van der Waals surface area contributed by atoms with Gasteiger partial charge in [-0.25, -0.2) is 4.79 Å². The van der Waals surface area contributed by atoms with Crippen molar-refractivity contribution in [3.63, 3.8) is 0 Å². The number of hydrogen-bond donors (Lipinski definition) is 1. The van der Waals surface area contributed by atoms with E-state index in [9.17, 15) is 4.79 Å². The fraction of sp³-hybridized carbons (Fsp3) is 0.769. The lowest BCUT2D eigenvalue weighted by molar-refractivity contribution is -0.131. The number of carbonyl (C=O) groups is 1. The third-order valence-electron chi connectivity index (χ3n) is 4.52. The van der Waals surface area contributed by atoms with Crippen LogP contribution in [0.2, 0.25) is 0 Å². The second-order valence-corrected chi connectivity index (χ2v) is 5.13. The van der Waals surface area contributed by atoms with Crippen molar-refractivity contribution in [2.75, 3.05) is 0 Å². The summed E-state index contributed by atoms with van der Waals surface area (Å²) in [5.41, 5.74) is 0. The van der Waals surface area contributed by atoms with E-state index in [1.165, 1.54) is 23.7 Å². The molecule has 2 heteroatoms. The Kier molecular flexibility index (Phi) is 3.13. The molecule has 2 bridgehead atoms. The van der Waals surface area contributed by atoms with E-state index in [1.807, 2.05) is 0 Å². The van der Waals surface area contributed by atoms with Gasteiger partial charge in [0.05, 0.1) is 0 Å². The summed E-state index contributed by atoms with van der Waals surface area (Å²) in [4.78, 5) is 9.25. The summed E-state index contributed by atoms with van der Waals surface area (Å²) in [5, 5.41) is 7.60. The first-order valence-electron chi connectivity index (χ1n) is 6.07. The molecule has 3 fully saturated rings. The Balaban J connectivity index is 0.000000149. The Bertz CT molecular complexity index is 243. The van der Waals surface area contributed by atoms with Gasteiger partial charge in [-0.05, 0) is 55.8 Å². The first kappa shape index (κ1) is 10.7. The third kappa shape index (κ3) is 2.09. The summed E-state index contributed by atoms with van der Waals surface area (Å²) in [6.45, 7) is 2.96. The Morgan fingerprint density at radius 1 is 1.13 bits per heavy atom. The molecule has 3 aliphatic rings. The number of aliphatic carboxylic acids is 1. The minimum atomic E-state index is -0.981. The Morgan fingerprint density at radius 2 is 1.60 bits per heavy atom. The highest BCUT2D eigenvalue weighted by Gasteiger charge is 2.48. The van der Waals surface area contributed by atoms with Gasteiger partial charge >= 0.3 is 5.97 Å². The maximum Gasteiger partial charge on any atom is 0.327 e. The smallest absolute Gasteiger partial charge is 0.327 e. The molecule has 4 unspecified atom stereocenters. The van der Waals surface area contributed by atoms with Gasteiger partial charge in [-0.3, -0.25) is 0 Å². The quantitative estimate of drug-likeness (QED) is 0.672. The highest BCUT2D eigenvalue weighted by molar-refractivity contribution is 5.78. The molecule has 0 heterocycles. The highest BCUT2D eigenvalue weighted by Crippen LogP contribution is 2.58. The van der Waals surface area contributed by atoms with Gasteiger partial charge in [0.1, 0.15) is 0 Å². The fourth-order valence-electron chi connectivity index (χ4n) is 4.02. The van der Waals surface area contributed by atoms with Crippen LogP contribution in [0.1, 0.15) is 38.5 Å². The SMILES string of the molecule is C1CC2C3CCC(C3)C2C1.C=CC(=O)O. The van der Waals surface area contributed by atoms with Gasteiger partial charge in [0.2, 0.25) is 0 Å². The van der Waals surface area contributed by atoms with Crippen LogP contribution in [0.3, 0.4) is 0 Å². The normalized spacial score (nSPS) is 40.5. The van der Waals surface area contributed by atoms with Crippen LogP contribution < -0.4 is 0 Å². The molecule has 1 N–H and O–H groups in total. The molecule has 0 aromatic rings. The van der Waals surface area contributed by atoms with E-state index in [-0.39, 0.29) is 0 Å². The summed E-state index contributed by atoms with van der Waals surface area (Å²) >= 11 is 0. The monoisotopic (exact) mass is 208 g/mol. The topological polar surface area (TPSA) is 37.3 Å². The predicted molar refractivity (Wildman–Crippen MR) is 59.5 cm³/mol. The third-order valence-corrected chi connectivity index (χ3v) is 4.52. The van der Waals surface area contributed by atoms with Crippen LogP contribution in [0, 0.1) is 23.7 Å². The van der Waals surface area contributed by atoms with E-state index < -0.39 is 5.97 Å². The molecule has 84 valence electrons. The Hall–Kier alpha value is -0.790. The Labute approximate surface area is 91.4 Å². The fourth-order valence-corrected chi connectivity index (χ4v) is 4.02. The number of rotatable bonds is 1. The first-order valence-corrected chi connectivity index (χ1v) is 6.07. The van der Waals surface area contributed by atoms with Gasteiger partial charge < -0.3 is 5.11 Å². The molecule has 0 saturated heterocycles. The lowest BCUT2D eigenvalue weighted by Gasteiger charge is -2.23. The van der Waals surface area contributed by atoms with Crippen molar-refractivity contribution in [3.05, 3.63) is 12.7 Å². The number of carboxylic acid groups (broad SMARTS) is 1. The largest absolute Gasteiger partial charge is 0.478 e. The second-order valence-electron chi connectivity index (χ2n) is 5.13. The van der Waals surface area contributed by atoms with E-state index in [2.05, 4.69) is 6.58 Å². The van der Waals surface area contributed by atoms with Gasteiger partial charge in [0, 0.05) is 6.08 Å². The average molecular weight is 208 g/mol. The molecule has 3 aliphatic carbocycles. The van der Waals surface area contributed by atoms with E-state index in [4.69, 9.17) is 5.11 Å². The molecule has 15 heavy (non-hydrogen) atoms. The molecule has 0 aromatic heterocycles. The molecule has 0 radical (unpaired) electrons. The van der Waals surface area contributed by atoms with Gasteiger partial charge in [-0.15, -0.1) is 0 Å². The first-order chi connectivity index (χ1) is 7.22. The molecule has 0 aliphatic heterocycles. The van der Waals surface area contributed by atoms with Crippen LogP contribution in [-0.4, -0.2) is 11.1 Å². The van der Waals surface area contributed by atoms with Gasteiger partial charge in [-0.2, -0.15) is 0 Å². The van der Waals surface area contributed by atoms with Crippen molar-refractivity contribution < 1.29 is 9.90 Å². The van der Waals surface area contributed by atoms with Gasteiger partial charge in [0.15, 0.2) is 0 Å². The zero-order chi connectivity index (χ0) is 10.8. The minimum Gasteiger partial charge on any atom is -0.478 e. The molecule has 2 nitrogen and oxygen atoms in total. The number of fused-ring (bicyclic) bond motifs is 5. The second kappa shape index (κ2) is 4.38. The van der Waals surface area contributed by atoms with Crippen LogP contribution in [0.5, 0.6) is 0 Å². The molecule has 0 amide bonds. The van der Waals surface area contributed by atoms with Crippen molar-refractivity contribution in [2.24, 2.45) is 23.7 Å². The lowest BCUT2D eigenvalue weighted by atomic mass is 9.82. The van der Waals surface area contributed by atoms with Crippen LogP contribution in [0.4, 0.5) is 0 Å². The van der Waals surface area contributed by atoms with E-state index in [0.29, 0.717) is 0 Å². The lowest BCUT2D eigenvalue weighted by Crippen LogP contribution is -2.15. The van der Waals surface area contributed by atoms with Crippen molar-refractivity contribution >= 4 is 5.97 Å². The van der Waals surface area contributed by atoms with Crippen molar-refractivity contribution in [1.29, 1.82) is 0 Å². The average Bonchev–Trinajstić information content (AvgIpc) is 2.91. The van der Waals surface area contributed by atoms with Crippen LogP contribution in [0.25, 0.3) is 0 Å². The van der Waals surface area contributed by atoms with Crippen LogP contribution in [0.15, 0.2) is 12.7 Å². The Morgan fingerprint density at radius 3 is 2.00 bits per heavy atom. The minimum absolute atomic E-state index is 0.833. The number of carboxylic acids is 1. The van der Waals surface area contributed by atoms with Crippen LogP contribution >= 0.6 is 0 Å². The summed E-state index contributed by atoms with van der Waals surface area (Å²) in [6, 6.07) is 0. The molecule has 3 saturated carbocycles. The summed E-state index contributed by atoms with van der Waals surface area (Å²) in [5.74, 6) is 3.82.